The van der Waals surface area contributed by atoms with E-state index in [2.05, 4.69) is 10.6 Å². The minimum atomic E-state index is -0.488. The number of hydrogen-bond acceptors (Lipinski definition) is 4. The van der Waals surface area contributed by atoms with E-state index < -0.39 is 6.04 Å². The number of rotatable bonds is 5. The van der Waals surface area contributed by atoms with Gasteiger partial charge in [-0.25, -0.2) is 0 Å². The molecular formula is C20H23Cl2N3O3. The Morgan fingerprint density at radius 1 is 1.21 bits per heavy atom. The number of fused-ring (bicyclic) bond motifs is 4. The number of halogens is 2. The SMILES string of the molecule is Cl.O=C(NCCOc1ccccc1Cl)[C@H]1[C@@H]2CNC[C@@H](C2)c2cccc(=O)n21. The zero-order valence-corrected chi connectivity index (χ0v) is 16.8. The molecule has 3 atom stereocenters. The zero-order chi connectivity index (χ0) is 18.8. The third-order valence-electron chi connectivity index (χ3n) is 5.31. The number of nitrogens with one attached hydrogen (secondary N) is 2. The Labute approximate surface area is 174 Å². The summed E-state index contributed by atoms with van der Waals surface area (Å²) in [5, 5.41) is 6.85. The van der Waals surface area contributed by atoms with Crippen molar-refractivity contribution in [2.75, 3.05) is 26.2 Å². The molecule has 2 aliphatic rings. The van der Waals surface area contributed by atoms with E-state index in [0.717, 1.165) is 25.2 Å². The summed E-state index contributed by atoms with van der Waals surface area (Å²) < 4.78 is 7.31. The van der Waals surface area contributed by atoms with Crippen LogP contribution < -0.4 is 20.9 Å². The molecule has 1 aromatic carbocycles. The minimum absolute atomic E-state index is 0. The van der Waals surface area contributed by atoms with E-state index in [4.69, 9.17) is 16.3 Å². The molecule has 1 saturated heterocycles. The number of ether oxygens (including phenoxy) is 1. The average Bonchev–Trinajstić information content (AvgIpc) is 2.68. The topological polar surface area (TPSA) is 72.4 Å². The molecule has 0 aliphatic carbocycles. The lowest BCUT2D eigenvalue weighted by Crippen LogP contribution is -2.52. The van der Waals surface area contributed by atoms with Gasteiger partial charge in [0, 0.05) is 36.7 Å². The van der Waals surface area contributed by atoms with Crippen LogP contribution in [-0.4, -0.2) is 36.7 Å². The molecule has 150 valence electrons. The van der Waals surface area contributed by atoms with Gasteiger partial charge in [-0.1, -0.05) is 29.8 Å². The van der Waals surface area contributed by atoms with Gasteiger partial charge in [0.15, 0.2) is 0 Å². The van der Waals surface area contributed by atoms with Crippen molar-refractivity contribution in [3.8, 4) is 5.75 Å². The van der Waals surface area contributed by atoms with Crippen LogP contribution in [0, 0.1) is 5.92 Å². The van der Waals surface area contributed by atoms with Gasteiger partial charge in [-0.05, 0) is 24.6 Å². The number of pyridine rings is 1. The molecule has 1 amide bonds. The summed E-state index contributed by atoms with van der Waals surface area (Å²) >= 11 is 6.06. The third-order valence-corrected chi connectivity index (χ3v) is 5.63. The largest absolute Gasteiger partial charge is 0.490 e. The summed E-state index contributed by atoms with van der Waals surface area (Å²) in [6, 6.07) is 12.0. The van der Waals surface area contributed by atoms with E-state index in [0.29, 0.717) is 23.9 Å². The highest BCUT2D eigenvalue weighted by Gasteiger charge is 2.41. The number of nitrogens with zero attached hydrogens (tertiary/aromatic N) is 1. The van der Waals surface area contributed by atoms with Crippen LogP contribution in [0.15, 0.2) is 47.3 Å². The molecule has 8 heteroatoms. The fourth-order valence-corrected chi connectivity index (χ4v) is 4.32. The predicted octanol–water partition coefficient (Wildman–Crippen LogP) is 2.37. The molecule has 2 aromatic rings. The first-order chi connectivity index (χ1) is 13.1. The highest BCUT2D eigenvalue weighted by Crippen LogP contribution is 2.38. The summed E-state index contributed by atoms with van der Waals surface area (Å²) in [7, 11) is 0. The van der Waals surface area contributed by atoms with E-state index in [1.807, 2.05) is 18.2 Å². The Morgan fingerprint density at radius 2 is 2.04 bits per heavy atom. The van der Waals surface area contributed by atoms with Gasteiger partial charge in [-0.15, -0.1) is 12.4 Å². The third kappa shape index (κ3) is 4.04. The zero-order valence-electron chi connectivity index (χ0n) is 15.3. The van der Waals surface area contributed by atoms with Gasteiger partial charge in [0.2, 0.25) is 5.91 Å². The minimum Gasteiger partial charge on any atom is -0.490 e. The number of piperidine rings is 1. The maximum atomic E-state index is 12.9. The summed E-state index contributed by atoms with van der Waals surface area (Å²) in [6.45, 7) is 2.25. The molecule has 1 aromatic heterocycles. The van der Waals surface area contributed by atoms with Crippen molar-refractivity contribution in [1.29, 1.82) is 0 Å². The highest BCUT2D eigenvalue weighted by molar-refractivity contribution is 6.32. The second kappa shape index (κ2) is 8.99. The predicted molar refractivity (Wildman–Crippen MR) is 111 cm³/mol. The number of hydrogen-bond donors (Lipinski definition) is 2. The smallest absolute Gasteiger partial charge is 0.251 e. The van der Waals surface area contributed by atoms with Crippen molar-refractivity contribution >= 4 is 29.9 Å². The average molecular weight is 424 g/mol. The van der Waals surface area contributed by atoms with E-state index in [-0.39, 0.29) is 35.7 Å². The molecule has 2 N–H and O–H groups in total. The summed E-state index contributed by atoms with van der Waals surface area (Å²) in [5.74, 6) is 0.845. The molecule has 28 heavy (non-hydrogen) atoms. The van der Waals surface area contributed by atoms with Crippen molar-refractivity contribution in [1.82, 2.24) is 15.2 Å². The summed E-state index contributed by atoms with van der Waals surface area (Å²) in [4.78, 5) is 25.4. The Kier molecular flexibility index (Phi) is 6.65. The number of amides is 1. The number of aromatic nitrogens is 1. The van der Waals surface area contributed by atoms with Crippen LogP contribution >= 0.6 is 24.0 Å². The molecule has 3 heterocycles. The van der Waals surface area contributed by atoms with E-state index in [1.54, 1.807) is 22.8 Å². The Bertz CT molecular complexity index is 902. The van der Waals surface area contributed by atoms with Gasteiger partial charge >= 0.3 is 0 Å². The van der Waals surface area contributed by atoms with E-state index in [1.165, 1.54) is 6.07 Å². The number of carbonyl (C=O) groups is 1. The first-order valence-electron chi connectivity index (χ1n) is 9.22. The second-order valence-corrected chi connectivity index (χ2v) is 7.43. The number of carbonyl (C=O) groups excluding carboxylic acids is 1. The second-order valence-electron chi connectivity index (χ2n) is 7.02. The van der Waals surface area contributed by atoms with Crippen LogP contribution in [0.1, 0.15) is 24.1 Å². The highest BCUT2D eigenvalue weighted by atomic mass is 35.5. The summed E-state index contributed by atoms with van der Waals surface area (Å²) in [6.07, 6.45) is 0.921. The molecule has 2 aliphatic heterocycles. The van der Waals surface area contributed by atoms with Crippen molar-refractivity contribution in [3.63, 3.8) is 0 Å². The standard InChI is InChI=1S/C20H22ClN3O3.ClH/c21-15-4-1-2-6-17(15)27-9-8-23-20(26)19-14-10-13(11-22-12-14)16-5-3-7-18(25)24(16)19;/h1-7,13-14,19,22H,8-12H2,(H,23,26);1H/t13-,14+,19-;/m1./s1. The first kappa shape index (κ1) is 20.7. The van der Waals surface area contributed by atoms with Gasteiger partial charge in [0.05, 0.1) is 11.6 Å². The van der Waals surface area contributed by atoms with Gasteiger partial charge < -0.3 is 15.4 Å². The van der Waals surface area contributed by atoms with Crippen molar-refractivity contribution in [3.05, 3.63) is 63.5 Å². The van der Waals surface area contributed by atoms with Crippen LogP contribution in [0.3, 0.4) is 0 Å². The Balaban J connectivity index is 0.00000225. The molecule has 0 saturated carbocycles. The van der Waals surface area contributed by atoms with Crippen LogP contribution in [0.2, 0.25) is 5.02 Å². The van der Waals surface area contributed by atoms with Crippen molar-refractivity contribution in [2.24, 2.45) is 5.92 Å². The molecule has 0 spiro atoms. The maximum Gasteiger partial charge on any atom is 0.251 e. The fraction of sp³-hybridized carbons (Fsp3) is 0.400. The quantitative estimate of drug-likeness (QED) is 0.724. The van der Waals surface area contributed by atoms with E-state index >= 15 is 0 Å². The molecule has 4 rings (SSSR count). The maximum absolute atomic E-state index is 12.9. The van der Waals surface area contributed by atoms with Gasteiger partial charge in [-0.2, -0.15) is 0 Å². The normalized spacial score (nSPS) is 22.5. The van der Waals surface area contributed by atoms with Gasteiger partial charge in [0.25, 0.3) is 5.56 Å². The van der Waals surface area contributed by atoms with Crippen LogP contribution in [0.5, 0.6) is 5.75 Å². The fourth-order valence-electron chi connectivity index (χ4n) is 4.13. The van der Waals surface area contributed by atoms with Gasteiger partial charge in [-0.3, -0.25) is 14.2 Å². The molecule has 1 fully saturated rings. The lowest BCUT2D eigenvalue weighted by molar-refractivity contribution is -0.127. The molecular weight excluding hydrogens is 401 g/mol. The Hall–Kier alpha value is -2.02. The van der Waals surface area contributed by atoms with Gasteiger partial charge in [0.1, 0.15) is 18.4 Å². The number of para-hydroxylation sites is 1. The lowest BCUT2D eigenvalue weighted by Gasteiger charge is -2.42. The molecule has 6 nitrogen and oxygen atoms in total. The number of benzene rings is 1. The van der Waals surface area contributed by atoms with E-state index in [9.17, 15) is 9.59 Å². The summed E-state index contributed by atoms with van der Waals surface area (Å²) in [5.41, 5.74) is 0.829. The Morgan fingerprint density at radius 3 is 2.86 bits per heavy atom. The monoisotopic (exact) mass is 423 g/mol. The van der Waals surface area contributed by atoms with Crippen LogP contribution in [-0.2, 0) is 4.79 Å². The first-order valence-corrected chi connectivity index (χ1v) is 9.60. The lowest BCUT2D eigenvalue weighted by atomic mass is 9.79. The molecule has 0 radical (unpaired) electrons. The molecule has 0 unspecified atom stereocenters. The van der Waals surface area contributed by atoms with Crippen molar-refractivity contribution in [2.45, 2.75) is 18.4 Å². The molecule has 2 bridgehead atoms. The van der Waals surface area contributed by atoms with Crippen LogP contribution in [0.4, 0.5) is 0 Å². The van der Waals surface area contributed by atoms with Crippen molar-refractivity contribution < 1.29 is 9.53 Å². The van der Waals surface area contributed by atoms with Crippen LogP contribution in [0.25, 0.3) is 0 Å².